The van der Waals surface area contributed by atoms with E-state index in [1.807, 2.05) is 29.3 Å². The SMILES string of the molecule is O=C(O)C(c1c[nH]c2ccc(Cl)cc12)N1CCN(Cc2cccnc2)CC1. The summed E-state index contributed by atoms with van der Waals surface area (Å²) in [6, 6.07) is 8.83. The Bertz CT molecular complexity index is 936. The topological polar surface area (TPSA) is 72.5 Å². The highest BCUT2D eigenvalue weighted by Crippen LogP contribution is 2.31. The first-order valence-electron chi connectivity index (χ1n) is 8.96. The van der Waals surface area contributed by atoms with Gasteiger partial charge in [-0.25, -0.2) is 0 Å². The van der Waals surface area contributed by atoms with Crippen molar-refractivity contribution in [2.75, 3.05) is 26.2 Å². The second-order valence-electron chi connectivity index (χ2n) is 6.85. The zero-order valence-electron chi connectivity index (χ0n) is 14.8. The Kier molecular flexibility index (Phi) is 5.11. The molecule has 1 aromatic carbocycles. The Morgan fingerprint density at radius 3 is 2.78 bits per heavy atom. The Hall–Kier alpha value is -2.41. The molecule has 0 aliphatic carbocycles. The van der Waals surface area contributed by atoms with Crippen LogP contribution < -0.4 is 0 Å². The van der Waals surface area contributed by atoms with Gasteiger partial charge in [0.25, 0.3) is 0 Å². The second-order valence-corrected chi connectivity index (χ2v) is 7.28. The van der Waals surface area contributed by atoms with Crippen LogP contribution in [0.3, 0.4) is 0 Å². The van der Waals surface area contributed by atoms with Crippen molar-refractivity contribution in [3.8, 4) is 0 Å². The molecule has 140 valence electrons. The van der Waals surface area contributed by atoms with Crippen LogP contribution in [0.15, 0.2) is 48.9 Å². The quantitative estimate of drug-likeness (QED) is 0.707. The predicted molar refractivity (Wildman–Crippen MR) is 105 cm³/mol. The number of carbonyl (C=O) groups is 1. The van der Waals surface area contributed by atoms with E-state index in [-0.39, 0.29) is 0 Å². The molecule has 4 rings (SSSR count). The van der Waals surface area contributed by atoms with Gasteiger partial charge in [-0.1, -0.05) is 17.7 Å². The molecule has 1 aliphatic rings. The van der Waals surface area contributed by atoms with Gasteiger partial charge in [-0.15, -0.1) is 0 Å². The van der Waals surface area contributed by atoms with Crippen LogP contribution in [0.5, 0.6) is 0 Å². The molecule has 0 saturated carbocycles. The number of fused-ring (bicyclic) bond motifs is 1. The minimum Gasteiger partial charge on any atom is -0.480 e. The van der Waals surface area contributed by atoms with Crippen LogP contribution in [-0.4, -0.2) is 57.0 Å². The summed E-state index contributed by atoms with van der Waals surface area (Å²) in [5, 5.41) is 11.4. The van der Waals surface area contributed by atoms with Gasteiger partial charge >= 0.3 is 5.97 Å². The summed E-state index contributed by atoms with van der Waals surface area (Å²) in [6.45, 7) is 3.88. The van der Waals surface area contributed by atoms with Crippen molar-refractivity contribution in [3.63, 3.8) is 0 Å². The number of H-pyrrole nitrogens is 1. The molecule has 6 nitrogen and oxygen atoms in total. The number of aromatic amines is 1. The normalized spacial score (nSPS) is 17.2. The lowest BCUT2D eigenvalue weighted by atomic mass is 10.0. The fraction of sp³-hybridized carbons (Fsp3) is 0.300. The van der Waals surface area contributed by atoms with E-state index < -0.39 is 12.0 Å². The highest BCUT2D eigenvalue weighted by molar-refractivity contribution is 6.31. The molecule has 0 bridgehead atoms. The molecule has 1 saturated heterocycles. The minimum absolute atomic E-state index is 0.605. The molecule has 2 aromatic heterocycles. The molecule has 1 fully saturated rings. The van der Waals surface area contributed by atoms with Gasteiger partial charge in [0.15, 0.2) is 0 Å². The Morgan fingerprint density at radius 2 is 2.07 bits per heavy atom. The number of nitrogens with one attached hydrogen (secondary N) is 1. The first kappa shape index (κ1) is 18.0. The van der Waals surface area contributed by atoms with Crippen molar-refractivity contribution in [3.05, 3.63) is 65.1 Å². The number of hydrogen-bond donors (Lipinski definition) is 2. The number of aromatic nitrogens is 2. The van der Waals surface area contributed by atoms with Crippen molar-refractivity contribution in [2.45, 2.75) is 12.6 Å². The van der Waals surface area contributed by atoms with Crippen molar-refractivity contribution >= 4 is 28.5 Å². The summed E-state index contributed by atoms with van der Waals surface area (Å²) >= 11 is 6.13. The number of carboxylic acid groups (broad SMARTS) is 1. The van der Waals surface area contributed by atoms with E-state index in [0.29, 0.717) is 18.1 Å². The van der Waals surface area contributed by atoms with E-state index in [0.717, 1.165) is 36.1 Å². The molecule has 0 spiro atoms. The van der Waals surface area contributed by atoms with Crippen LogP contribution >= 0.6 is 11.6 Å². The molecular formula is C20H21ClN4O2. The van der Waals surface area contributed by atoms with E-state index in [9.17, 15) is 9.90 Å². The summed E-state index contributed by atoms with van der Waals surface area (Å²) < 4.78 is 0. The van der Waals surface area contributed by atoms with Crippen molar-refractivity contribution in [1.29, 1.82) is 0 Å². The van der Waals surface area contributed by atoms with Gasteiger partial charge in [0.1, 0.15) is 6.04 Å². The molecular weight excluding hydrogens is 364 g/mol. The van der Waals surface area contributed by atoms with E-state index in [1.165, 1.54) is 5.56 Å². The van der Waals surface area contributed by atoms with E-state index in [2.05, 4.69) is 20.9 Å². The summed E-state index contributed by atoms with van der Waals surface area (Å²) in [7, 11) is 0. The van der Waals surface area contributed by atoms with Crippen LogP contribution in [-0.2, 0) is 11.3 Å². The van der Waals surface area contributed by atoms with Crippen molar-refractivity contribution in [1.82, 2.24) is 19.8 Å². The molecule has 1 aliphatic heterocycles. The molecule has 3 aromatic rings. The smallest absolute Gasteiger partial charge is 0.325 e. The number of nitrogens with zero attached hydrogens (tertiary/aromatic N) is 3. The first-order valence-corrected chi connectivity index (χ1v) is 9.34. The van der Waals surface area contributed by atoms with E-state index >= 15 is 0 Å². The fourth-order valence-electron chi connectivity index (χ4n) is 3.76. The number of rotatable bonds is 5. The monoisotopic (exact) mass is 384 g/mol. The maximum absolute atomic E-state index is 12.1. The van der Waals surface area contributed by atoms with Gasteiger partial charge < -0.3 is 10.1 Å². The molecule has 3 heterocycles. The summed E-state index contributed by atoms with van der Waals surface area (Å²) in [4.78, 5) is 23.8. The maximum Gasteiger partial charge on any atom is 0.325 e. The maximum atomic E-state index is 12.1. The lowest BCUT2D eigenvalue weighted by Gasteiger charge is -2.37. The van der Waals surface area contributed by atoms with Gasteiger partial charge in [-0.05, 0) is 29.8 Å². The number of piperazine rings is 1. The van der Waals surface area contributed by atoms with Crippen LogP contribution in [0.1, 0.15) is 17.2 Å². The third-order valence-corrected chi connectivity index (χ3v) is 5.34. The van der Waals surface area contributed by atoms with E-state index in [1.54, 1.807) is 18.5 Å². The highest BCUT2D eigenvalue weighted by atomic mass is 35.5. The molecule has 7 heteroatoms. The average Bonchev–Trinajstić information content (AvgIpc) is 3.07. The van der Waals surface area contributed by atoms with Crippen LogP contribution in [0, 0.1) is 0 Å². The van der Waals surface area contributed by atoms with E-state index in [4.69, 9.17) is 11.6 Å². The standard InChI is InChI=1S/C20H21ClN4O2/c21-15-3-4-18-16(10-15)17(12-23-18)19(20(26)27)25-8-6-24(7-9-25)13-14-2-1-5-22-11-14/h1-5,10-12,19,23H,6-9,13H2,(H,26,27). The lowest BCUT2D eigenvalue weighted by molar-refractivity contribution is -0.144. The van der Waals surface area contributed by atoms with Crippen LogP contribution in [0.2, 0.25) is 5.02 Å². The number of halogens is 1. The predicted octanol–water partition coefficient (Wildman–Crippen LogP) is 3.16. The number of carboxylic acids is 1. The summed E-state index contributed by atoms with van der Waals surface area (Å²) in [5.74, 6) is -0.836. The fourth-order valence-corrected chi connectivity index (χ4v) is 3.93. The van der Waals surface area contributed by atoms with Gasteiger partial charge in [0.05, 0.1) is 0 Å². The van der Waals surface area contributed by atoms with Gasteiger partial charge in [0, 0.05) is 72.8 Å². The molecule has 27 heavy (non-hydrogen) atoms. The number of benzene rings is 1. The Morgan fingerprint density at radius 1 is 1.26 bits per heavy atom. The Labute approximate surface area is 162 Å². The van der Waals surface area contributed by atoms with Gasteiger partial charge in [0.2, 0.25) is 0 Å². The molecule has 0 radical (unpaired) electrons. The number of aliphatic carboxylic acids is 1. The molecule has 2 N–H and O–H groups in total. The molecule has 1 unspecified atom stereocenters. The molecule has 0 amide bonds. The zero-order chi connectivity index (χ0) is 18.8. The summed E-state index contributed by atoms with van der Waals surface area (Å²) in [6.07, 6.45) is 5.44. The van der Waals surface area contributed by atoms with Gasteiger partial charge in [-0.2, -0.15) is 0 Å². The molecule has 1 atom stereocenters. The lowest BCUT2D eigenvalue weighted by Crippen LogP contribution is -2.48. The Balaban J connectivity index is 1.50. The van der Waals surface area contributed by atoms with Gasteiger partial charge in [-0.3, -0.25) is 19.6 Å². The number of hydrogen-bond acceptors (Lipinski definition) is 4. The third kappa shape index (κ3) is 3.83. The first-order chi connectivity index (χ1) is 13.1. The summed E-state index contributed by atoms with van der Waals surface area (Å²) in [5.41, 5.74) is 2.84. The zero-order valence-corrected chi connectivity index (χ0v) is 15.6. The third-order valence-electron chi connectivity index (χ3n) is 5.11. The van der Waals surface area contributed by atoms with Crippen LogP contribution in [0.25, 0.3) is 10.9 Å². The average molecular weight is 385 g/mol. The minimum atomic E-state index is -0.836. The second kappa shape index (κ2) is 7.68. The van der Waals surface area contributed by atoms with Crippen molar-refractivity contribution < 1.29 is 9.90 Å². The highest BCUT2D eigenvalue weighted by Gasteiger charge is 2.32. The largest absolute Gasteiger partial charge is 0.480 e. The number of pyridine rings is 1. The van der Waals surface area contributed by atoms with Crippen LogP contribution in [0.4, 0.5) is 0 Å². The van der Waals surface area contributed by atoms with Crippen molar-refractivity contribution in [2.24, 2.45) is 0 Å².